The molecule has 1 aliphatic heterocycles. The highest BCUT2D eigenvalue weighted by Gasteiger charge is 2.44. The number of amides is 3. The smallest absolute Gasteiger partial charge is 0.407 e. The van der Waals surface area contributed by atoms with E-state index in [0.717, 1.165) is 29.2 Å². The number of hydrogen-bond donors (Lipinski definition) is 1. The molecule has 1 saturated heterocycles. The Balaban J connectivity index is 2.15. The topological polar surface area (TPSA) is 76.6 Å². The van der Waals surface area contributed by atoms with Crippen LogP contribution >= 0.6 is 0 Å². The van der Waals surface area contributed by atoms with Crippen molar-refractivity contribution in [3.63, 3.8) is 0 Å². The lowest BCUT2D eigenvalue weighted by Crippen LogP contribution is -2.40. The van der Waals surface area contributed by atoms with Gasteiger partial charge in [-0.1, -0.05) is 0 Å². The minimum atomic E-state index is -5.57. The molecular weight excluding hydrogens is 541 g/mol. The van der Waals surface area contributed by atoms with Crippen LogP contribution in [0.4, 0.5) is 51.7 Å². The molecule has 1 aliphatic rings. The molecule has 0 saturated carbocycles. The number of halogens is 7. The van der Waals surface area contributed by atoms with E-state index < -0.39 is 78.2 Å². The molecule has 2 aromatic carbocycles. The van der Waals surface area contributed by atoms with E-state index in [9.17, 15) is 45.4 Å². The van der Waals surface area contributed by atoms with Crippen LogP contribution in [0.3, 0.4) is 0 Å². The lowest BCUT2D eigenvalue weighted by Gasteiger charge is -2.26. The lowest BCUT2D eigenvalue weighted by molar-refractivity contribution is -0.143. The van der Waals surface area contributed by atoms with Crippen molar-refractivity contribution in [3.05, 3.63) is 53.3 Å². The van der Waals surface area contributed by atoms with Crippen molar-refractivity contribution in [2.75, 3.05) is 57.1 Å². The molecule has 8 nitrogen and oxygen atoms in total. The van der Waals surface area contributed by atoms with Gasteiger partial charge in [0.15, 0.2) is 5.75 Å². The van der Waals surface area contributed by atoms with Gasteiger partial charge in [0.25, 0.3) is 0 Å². The summed E-state index contributed by atoms with van der Waals surface area (Å²) in [5, 5.41) is 10.2. The third-order valence-electron chi connectivity index (χ3n) is 5.55. The van der Waals surface area contributed by atoms with Crippen LogP contribution in [-0.4, -0.2) is 80.4 Å². The first-order chi connectivity index (χ1) is 19.2. The summed E-state index contributed by atoms with van der Waals surface area (Å²) in [6.45, 7) is -4.31. The van der Waals surface area contributed by atoms with E-state index in [4.69, 9.17) is 8.85 Å². The van der Waals surface area contributed by atoms with E-state index in [1.165, 1.54) is 0 Å². The molecule has 3 rings (SSSR count). The van der Waals surface area contributed by atoms with Gasteiger partial charge < -0.3 is 19.6 Å². The molecule has 1 N–H and O–H groups in total. The lowest BCUT2D eigenvalue weighted by atomic mass is 10.1. The molecule has 0 unspecified atom stereocenters. The van der Waals surface area contributed by atoms with Crippen molar-refractivity contribution in [3.8, 4) is 5.75 Å². The van der Waals surface area contributed by atoms with E-state index in [1.807, 2.05) is 0 Å². The van der Waals surface area contributed by atoms with E-state index in [1.54, 1.807) is 19.0 Å². The van der Waals surface area contributed by atoms with Gasteiger partial charge in [-0.15, -0.1) is 0 Å². The number of aliphatic hydroxyl groups excluding tert-OH is 1. The van der Waals surface area contributed by atoms with Crippen LogP contribution in [-0.2, 0) is 12.4 Å². The van der Waals surface area contributed by atoms with Gasteiger partial charge in [-0.25, -0.2) is 14.0 Å². The van der Waals surface area contributed by atoms with Gasteiger partial charge in [0, 0.05) is 43.0 Å². The average Bonchev–Trinajstić information content (AvgIpc) is 3.17. The zero-order valence-electron chi connectivity index (χ0n) is 23.5. The number of β-amino-alcohol motifs (C(OH)–C–C–N with tert-alkyl or cyclic N) is 1. The third kappa shape index (κ3) is 7.09. The highest BCUT2D eigenvalue weighted by atomic mass is 19.4. The summed E-state index contributed by atoms with van der Waals surface area (Å²) >= 11 is 0. The van der Waals surface area contributed by atoms with Crippen molar-refractivity contribution < 1.29 is 54.3 Å². The molecule has 0 radical (unpaired) electrons. The molecule has 3 amide bonds. The second-order valence-electron chi connectivity index (χ2n) is 8.84. The van der Waals surface area contributed by atoms with Crippen LogP contribution in [0, 0.1) is 5.82 Å². The Morgan fingerprint density at radius 2 is 1.74 bits per heavy atom. The number of likely N-dealkylation sites (N-methyl/N-ethyl adjacent to an activating group) is 1. The number of aliphatic hydroxyl groups is 1. The van der Waals surface area contributed by atoms with Gasteiger partial charge in [-0.3, -0.25) is 9.80 Å². The van der Waals surface area contributed by atoms with Crippen LogP contribution in [0.1, 0.15) is 15.2 Å². The largest absolute Gasteiger partial charge is 0.420 e. The van der Waals surface area contributed by atoms with Gasteiger partial charge in [0.2, 0.25) is 0 Å². The number of carbonyl (C=O) groups excluding carboxylic acids is 2. The summed E-state index contributed by atoms with van der Waals surface area (Å²) in [7, 11) is 3.25. The molecule has 0 aliphatic carbocycles. The molecule has 0 spiro atoms. The summed E-state index contributed by atoms with van der Waals surface area (Å²) in [4.78, 5) is 29.2. The second kappa shape index (κ2) is 11.3. The fraction of sp³-hybridized carbons (Fsp3) is 0.417. The first-order valence-corrected chi connectivity index (χ1v) is 11.2. The molecule has 1 fully saturated rings. The number of rotatable bonds is 7. The summed E-state index contributed by atoms with van der Waals surface area (Å²) in [5.41, 5.74) is -5.56. The highest BCUT2D eigenvalue weighted by Crippen LogP contribution is 2.47. The Bertz CT molecular complexity index is 1310. The number of nitrogens with zero attached hydrogens (tertiary/aromatic N) is 4. The quantitative estimate of drug-likeness (QED) is 0.491. The van der Waals surface area contributed by atoms with E-state index >= 15 is 0 Å². The Labute approximate surface area is 223 Å². The molecule has 15 heteroatoms. The standard InChI is InChI=1S/C24H25F7N4O4/c1-32(2)12-17(36)13-34-8-9-35(21(34)37)19-11-14(23(26,27)28)10-18(24(29,30)31)20(19)39-22(38)33(3)16-6-4-15(25)5-7-16/h4-7,10-11,17,36H,8-9,12-13H2,1-3H3/t17-/m0/s1/i3D3. The molecule has 0 aromatic heterocycles. The minimum Gasteiger partial charge on any atom is -0.407 e. The number of hydrogen-bond acceptors (Lipinski definition) is 5. The molecular formula is C24H25F7N4O4. The van der Waals surface area contributed by atoms with Crippen LogP contribution in [0.2, 0.25) is 0 Å². The van der Waals surface area contributed by atoms with E-state index in [-0.39, 0.29) is 36.7 Å². The maximum atomic E-state index is 14.1. The number of ether oxygens (including phenoxy) is 1. The number of urea groups is 1. The molecule has 0 bridgehead atoms. The zero-order valence-corrected chi connectivity index (χ0v) is 20.5. The monoisotopic (exact) mass is 569 g/mol. The molecule has 2 aromatic rings. The Hall–Kier alpha value is -3.59. The summed E-state index contributed by atoms with van der Waals surface area (Å²) in [6, 6.07) is 1.91. The van der Waals surface area contributed by atoms with Gasteiger partial charge in [-0.2, -0.15) is 26.3 Å². The fourth-order valence-corrected chi connectivity index (χ4v) is 3.83. The van der Waals surface area contributed by atoms with Crippen LogP contribution in [0.25, 0.3) is 0 Å². The first-order valence-electron chi connectivity index (χ1n) is 12.7. The highest BCUT2D eigenvalue weighted by molar-refractivity contribution is 5.97. The van der Waals surface area contributed by atoms with Gasteiger partial charge >= 0.3 is 24.5 Å². The summed E-state index contributed by atoms with van der Waals surface area (Å²) < 4.78 is 125. The first kappa shape index (κ1) is 25.7. The number of carbonyl (C=O) groups is 2. The molecule has 214 valence electrons. The van der Waals surface area contributed by atoms with Crippen molar-refractivity contribution in [1.82, 2.24) is 9.80 Å². The van der Waals surface area contributed by atoms with Crippen LogP contribution in [0.5, 0.6) is 5.75 Å². The maximum absolute atomic E-state index is 14.1. The Kier molecular flexibility index (Phi) is 7.41. The fourth-order valence-electron chi connectivity index (χ4n) is 3.83. The average molecular weight is 569 g/mol. The Morgan fingerprint density at radius 1 is 1.10 bits per heavy atom. The van der Waals surface area contributed by atoms with Crippen molar-refractivity contribution in [1.29, 1.82) is 0 Å². The van der Waals surface area contributed by atoms with Crippen molar-refractivity contribution in [2.45, 2.75) is 18.5 Å². The van der Waals surface area contributed by atoms with Crippen LogP contribution in [0.15, 0.2) is 36.4 Å². The van der Waals surface area contributed by atoms with Gasteiger partial charge in [0.1, 0.15) is 11.4 Å². The molecule has 39 heavy (non-hydrogen) atoms. The number of alkyl halides is 6. The third-order valence-corrected chi connectivity index (χ3v) is 5.55. The van der Waals surface area contributed by atoms with E-state index in [2.05, 4.69) is 0 Å². The molecule has 1 heterocycles. The van der Waals surface area contributed by atoms with Gasteiger partial charge in [0.05, 0.1) is 17.4 Å². The predicted molar refractivity (Wildman–Crippen MR) is 126 cm³/mol. The molecule has 1 atom stereocenters. The SMILES string of the molecule is [2H]C([2H])([2H])N(C(=O)Oc1c(N2CCN(C[C@@H](O)CN(C)C)C2=O)cc(C(F)(F)F)cc1C(F)(F)F)c1ccc(F)cc1. The number of anilines is 2. The normalized spacial score (nSPS) is 16.7. The predicted octanol–water partition coefficient (Wildman–Crippen LogP) is 4.66. The maximum Gasteiger partial charge on any atom is 0.420 e. The van der Waals surface area contributed by atoms with Crippen molar-refractivity contribution >= 4 is 23.5 Å². The van der Waals surface area contributed by atoms with Gasteiger partial charge in [-0.05, 0) is 50.5 Å². The zero-order chi connectivity index (χ0) is 31.8. The summed E-state index contributed by atoms with van der Waals surface area (Å²) in [5.74, 6) is -2.39. The van der Waals surface area contributed by atoms with Crippen molar-refractivity contribution in [2.24, 2.45) is 0 Å². The second-order valence-corrected chi connectivity index (χ2v) is 8.84. The Morgan fingerprint density at radius 3 is 2.28 bits per heavy atom. The minimum absolute atomic E-state index is 0.0861. The van der Waals surface area contributed by atoms with Crippen LogP contribution < -0.4 is 14.5 Å². The summed E-state index contributed by atoms with van der Waals surface area (Å²) in [6.07, 6.45) is -14.0. The van der Waals surface area contributed by atoms with E-state index in [0.29, 0.717) is 4.90 Å². The number of benzene rings is 2.